The minimum Gasteiger partial charge on any atom is -0.312 e. The van der Waals surface area contributed by atoms with E-state index in [0.717, 1.165) is 29.8 Å². The molecule has 0 radical (unpaired) electrons. The van der Waals surface area contributed by atoms with E-state index in [4.69, 9.17) is 11.6 Å². The third-order valence-corrected chi connectivity index (χ3v) is 5.95. The fourth-order valence-electron chi connectivity index (χ4n) is 2.32. The number of benzene rings is 1. The third kappa shape index (κ3) is 5.04. The lowest BCUT2D eigenvalue weighted by Crippen LogP contribution is -2.31. The Morgan fingerprint density at radius 2 is 2.00 bits per heavy atom. The molecule has 6 nitrogen and oxygen atoms in total. The number of halogens is 1. The van der Waals surface area contributed by atoms with E-state index in [9.17, 15) is 8.42 Å². The first-order valence-electron chi connectivity index (χ1n) is 7.87. The standard InChI is InChI=1S/C16H23ClN4O2S/c1-3-24(22,23)21(2)10-4-9-18-11-14-12-19-20-16(14)13-5-7-15(17)8-6-13/h5-8,12,18H,3-4,9-11H2,1-2H3,(H,19,20). The van der Waals surface area contributed by atoms with Gasteiger partial charge in [-0.15, -0.1) is 0 Å². The number of aromatic nitrogens is 2. The maximum absolute atomic E-state index is 11.7. The predicted molar refractivity (Wildman–Crippen MR) is 97.4 cm³/mol. The second-order valence-electron chi connectivity index (χ2n) is 5.53. The monoisotopic (exact) mass is 370 g/mol. The Morgan fingerprint density at radius 3 is 2.67 bits per heavy atom. The highest BCUT2D eigenvalue weighted by Crippen LogP contribution is 2.22. The summed E-state index contributed by atoms with van der Waals surface area (Å²) in [6, 6.07) is 7.59. The van der Waals surface area contributed by atoms with Crippen molar-refractivity contribution in [3.05, 3.63) is 41.0 Å². The van der Waals surface area contributed by atoms with E-state index >= 15 is 0 Å². The third-order valence-electron chi connectivity index (χ3n) is 3.83. The predicted octanol–water partition coefficient (Wildman–Crippen LogP) is 2.49. The molecule has 0 unspecified atom stereocenters. The Bertz CT molecular complexity index is 744. The Hall–Kier alpha value is -1.41. The van der Waals surface area contributed by atoms with E-state index in [-0.39, 0.29) is 5.75 Å². The van der Waals surface area contributed by atoms with Crippen LogP contribution in [0.2, 0.25) is 5.02 Å². The van der Waals surface area contributed by atoms with E-state index in [1.807, 2.05) is 24.3 Å². The smallest absolute Gasteiger partial charge is 0.213 e. The minimum atomic E-state index is -3.10. The van der Waals surface area contributed by atoms with Crippen molar-refractivity contribution in [2.24, 2.45) is 0 Å². The van der Waals surface area contributed by atoms with Gasteiger partial charge in [-0.05, 0) is 37.6 Å². The Kier molecular flexibility index (Phi) is 6.79. The molecule has 0 amide bonds. The molecule has 24 heavy (non-hydrogen) atoms. The normalized spacial score (nSPS) is 12.0. The van der Waals surface area contributed by atoms with Crippen molar-refractivity contribution in [1.82, 2.24) is 19.8 Å². The van der Waals surface area contributed by atoms with Gasteiger partial charge >= 0.3 is 0 Å². The summed E-state index contributed by atoms with van der Waals surface area (Å²) in [6.45, 7) is 3.56. The van der Waals surface area contributed by atoms with Crippen LogP contribution in [0.15, 0.2) is 30.5 Å². The maximum Gasteiger partial charge on any atom is 0.213 e. The Morgan fingerprint density at radius 1 is 1.29 bits per heavy atom. The molecule has 132 valence electrons. The van der Waals surface area contributed by atoms with Crippen LogP contribution in [-0.2, 0) is 16.6 Å². The van der Waals surface area contributed by atoms with Crippen LogP contribution < -0.4 is 5.32 Å². The van der Waals surface area contributed by atoms with Crippen molar-refractivity contribution in [3.8, 4) is 11.3 Å². The summed E-state index contributed by atoms with van der Waals surface area (Å²) in [7, 11) is -1.48. The molecule has 1 aromatic carbocycles. The number of H-pyrrole nitrogens is 1. The van der Waals surface area contributed by atoms with Gasteiger partial charge in [-0.25, -0.2) is 12.7 Å². The number of nitrogens with zero attached hydrogens (tertiary/aromatic N) is 2. The van der Waals surface area contributed by atoms with Gasteiger partial charge in [0.15, 0.2) is 0 Å². The van der Waals surface area contributed by atoms with Crippen LogP contribution in [-0.4, -0.2) is 48.8 Å². The van der Waals surface area contributed by atoms with Gasteiger partial charge in [0.05, 0.1) is 17.6 Å². The summed E-state index contributed by atoms with van der Waals surface area (Å²) >= 11 is 5.91. The Labute approximate surface area is 148 Å². The van der Waals surface area contributed by atoms with Crippen LogP contribution in [0.25, 0.3) is 11.3 Å². The topological polar surface area (TPSA) is 78.1 Å². The van der Waals surface area contributed by atoms with Crippen LogP contribution in [0.5, 0.6) is 0 Å². The van der Waals surface area contributed by atoms with Crippen LogP contribution in [0, 0.1) is 0 Å². The van der Waals surface area contributed by atoms with Gasteiger partial charge in [0.2, 0.25) is 10.0 Å². The molecule has 8 heteroatoms. The van der Waals surface area contributed by atoms with E-state index < -0.39 is 10.0 Å². The quantitative estimate of drug-likeness (QED) is 0.665. The summed E-state index contributed by atoms with van der Waals surface area (Å²) < 4.78 is 24.7. The first-order chi connectivity index (χ1) is 11.4. The highest BCUT2D eigenvalue weighted by Gasteiger charge is 2.14. The first-order valence-corrected chi connectivity index (χ1v) is 9.85. The second kappa shape index (κ2) is 8.62. The number of rotatable bonds is 9. The summed E-state index contributed by atoms with van der Waals surface area (Å²) in [5.41, 5.74) is 3.05. The SMILES string of the molecule is CCS(=O)(=O)N(C)CCCNCc1cn[nH]c1-c1ccc(Cl)cc1. The van der Waals surface area contributed by atoms with Gasteiger partial charge in [0.1, 0.15) is 0 Å². The molecule has 0 atom stereocenters. The van der Waals surface area contributed by atoms with Crippen LogP contribution >= 0.6 is 11.6 Å². The summed E-state index contributed by atoms with van der Waals surface area (Å²) in [5, 5.41) is 11.1. The highest BCUT2D eigenvalue weighted by atomic mass is 35.5. The van der Waals surface area contributed by atoms with E-state index in [2.05, 4.69) is 15.5 Å². The maximum atomic E-state index is 11.7. The molecule has 0 saturated heterocycles. The number of nitrogens with one attached hydrogen (secondary N) is 2. The lowest BCUT2D eigenvalue weighted by Gasteiger charge is -2.15. The number of hydrogen-bond acceptors (Lipinski definition) is 4. The molecule has 2 aromatic rings. The molecular weight excluding hydrogens is 348 g/mol. The molecule has 1 aromatic heterocycles. The average molecular weight is 371 g/mol. The average Bonchev–Trinajstić information content (AvgIpc) is 3.03. The zero-order valence-electron chi connectivity index (χ0n) is 13.9. The molecule has 0 spiro atoms. The largest absolute Gasteiger partial charge is 0.312 e. The van der Waals surface area contributed by atoms with Crippen LogP contribution in [0.1, 0.15) is 18.9 Å². The fourth-order valence-corrected chi connectivity index (χ4v) is 3.29. The van der Waals surface area contributed by atoms with Crippen molar-refractivity contribution in [3.63, 3.8) is 0 Å². The van der Waals surface area contributed by atoms with Crippen molar-refractivity contribution in [1.29, 1.82) is 0 Å². The van der Waals surface area contributed by atoms with Gasteiger partial charge in [0, 0.05) is 30.7 Å². The van der Waals surface area contributed by atoms with Crippen molar-refractivity contribution in [2.75, 3.05) is 25.9 Å². The highest BCUT2D eigenvalue weighted by molar-refractivity contribution is 7.89. The van der Waals surface area contributed by atoms with Crippen molar-refractivity contribution >= 4 is 21.6 Å². The number of hydrogen-bond donors (Lipinski definition) is 2. The second-order valence-corrected chi connectivity index (χ2v) is 8.33. The van der Waals surface area contributed by atoms with Crippen molar-refractivity contribution < 1.29 is 8.42 Å². The fraction of sp³-hybridized carbons (Fsp3) is 0.438. The molecule has 0 saturated carbocycles. The van der Waals surface area contributed by atoms with E-state index in [1.165, 1.54) is 4.31 Å². The number of sulfonamides is 1. The van der Waals surface area contributed by atoms with Crippen LogP contribution in [0.3, 0.4) is 0 Å². The van der Waals surface area contributed by atoms with Gasteiger partial charge < -0.3 is 5.32 Å². The van der Waals surface area contributed by atoms with E-state index in [1.54, 1.807) is 20.2 Å². The summed E-state index contributed by atoms with van der Waals surface area (Å²) in [6.07, 6.45) is 2.55. The molecule has 0 fully saturated rings. The van der Waals surface area contributed by atoms with E-state index in [0.29, 0.717) is 18.1 Å². The van der Waals surface area contributed by atoms with Gasteiger partial charge in [-0.3, -0.25) is 5.10 Å². The zero-order valence-corrected chi connectivity index (χ0v) is 15.5. The molecule has 2 N–H and O–H groups in total. The molecule has 1 heterocycles. The summed E-state index contributed by atoms with van der Waals surface area (Å²) in [4.78, 5) is 0. The van der Waals surface area contributed by atoms with Gasteiger partial charge in [-0.1, -0.05) is 23.7 Å². The van der Waals surface area contributed by atoms with Crippen LogP contribution in [0.4, 0.5) is 0 Å². The molecule has 0 aliphatic heterocycles. The molecule has 0 bridgehead atoms. The Balaban J connectivity index is 1.82. The summed E-state index contributed by atoms with van der Waals surface area (Å²) in [5.74, 6) is 0.135. The van der Waals surface area contributed by atoms with Crippen molar-refractivity contribution in [2.45, 2.75) is 19.9 Å². The lowest BCUT2D eigenvalue weighted by atomic mass is 10.1. The van der Waals surface area contributed by atoms with Gasteiger partial charge in [0.25, 0.3) is 0 Å². The molecular formula is C16H23ClN4O2S. The number of aromatic amines is 1. The minimum absolute atomic E-state index is 0.135. The molecule has 2 rings (SSSR count). The molecule has 0 aliphatic rings. The molecule has 0 aliphatic carbocycles. The lowest BCUT2D eigenvalue weighted by molar-refractivity contribution is 0.455. The van der Waals surface area contributed by atoms with Gasteiger partial charge in [-0.2, -0.15) is 5.10 Å². The zero-order chi connectivity index (χ0) is 17.6. The first kappa shape index (κ1) is 18.9.